The number of ether oxygens (including phenoxy) is 1. The molecule has 2 rings (SSSR count). The largest absolute Gasteiger partial charge is 0.493 e. The van der Waals surface area contributed by atoms with Gasteiger partial charge in [0.2, 0.25) is 0 Å². The number of carbonyl (C=O) groups excluding carboxylic acids is 1. The van der Waals surface area contributed by atoms with Gasteiger partial charge in [-0.2, -0.15) is 0 Å². The Morgan fingerprint density at radius 1 is 1.47 bits per heavy atom. The Labute approximate surface area is 113 Å². The number of aliphatic hydroxyl groups is 1. The first-order valence-electron chi connectivity index (χ1n) is 6.71. The first kappa shape index (κ1) is 13.9. The van der Waals surface area contributed by atoms with E-state index in [2.05, 4.69) is 19.2 Å². The first-order valence-corrected chi connectivity index (χ1v) is 6.71. The summed E-state index contributed by atoms with van der Waals surface area (Å²) in [6, 6.07) is 7.15. The zero-order valence-corrected chi connectivity index (χ0v) is 11.5. The number of carbonyl (C=O) groups is 1. The minimum absolute atomic E-state index is 0.00226. The summed E-state index contributed by atoms with van der Waals surface area (Å²) in [5, 5.41) is 12.1. The molecule has 1 aromatic rings. The third-order valence-corrected chi connectivity index (χ3v) is 3.21. The van der Waals surface area contributed by atoms with E-state index in [4.69, 9.17) is 4.74 Å². The topological polar surface area (TPSA) is 58.6 Å². The number of hydrogen-bond donors (Lipinski definition) is 2. The average molecular weight is 263 g/mol. The summed E-state index contributed by atoms with van der Waals surface area (Å²) < 4.78 is 5.60. The van der Waals surface area contributed by atoms with Crippen LogP contribution in [0.4, 0.5) is 0 Å². The van der Waals surface area contributed by atoms with Crippen molar-refractivity contribution in [2.24, 2.45) is 5.92 Å². The molecular formula is C15H21NO3. The van der Waals surface area contributed by atoms with Crippen molar-refractivity contribution in [2.45, 2.75) is 32.2 Å². The fourth-order valence-electron chi connectivity index (χ4n) is 1.78. The van der Waals surface area contributed by atoms with Gasteiger partial charge in [0.1, 0.15) is 5.75 Å². The van der Waals surface area contributed by atoms with Crippen LogP contribution >= 0.6 is 0 Å². The van der Waals surface area contributed by atoms with Crippen LogP contribution in [0.1, 0.15) is 37.0 Å². The summed E-state index contributed by atoms with van der Waals surface area (Å²) in [6.45, 7) is 4.79. The summed E-state index contributed by atoms with van der Waals surface area (Å²) in [5.41, 5.74) is 0.187. The summed E-state index contributed by atoms with van der Waals surface area (Å²) in [5.74, 6) is 0.998. The molecule has 1 aliphatic carbocycles. The third kappa shape index (κ3) is 3.70. The minimum Gasteiger partial charge on any atom is -0.493 e. The molecule has 1 aliphatic rings. The van der Waals surface area contributed by atoms with E-state index in [1.54, 1.807) is 12.1 Å². The first-order chi connectivity index (χ1) is 9.04. The van der Waals surface area contributed by atoms with Crippen LogP contribution in [0, 0.1) is 5.92 Å². The van der Waals surface area contributed by atoms with Gasteiger partial charge in [0, 0.05) is 5.56 Å². The predicted octanol–water partition coefficient (Wildman–Crippen LogP) is 1.98. The van der Waals surface area contributed by atoms with Crippen LogP contribution in [-0.2, 0) is 0 Å². The Bertz CT molecular complexity index is 452. The average Bonchev–Trinajstić information content (AvgIpc) is 3.17. The molecule has 0 heterocycles. The Hall–Kier alpha value is -1.55. The highest BCUT2D eigenvalue weighted by atomic mass is 16.5. The molecule has 0 saturated heterocycles. The second-order valence-electron chi connectivity index (χ2n) is 5.63. The number of amides is 1. The molecule has 4 heteroatoms. The SMILES string of the molecule is CC(C)COc1cccc(C(=O)NC2(CO)CC2)c1. The van der Waals surface area contributed by atoms with E-state index in [-0.39, 0.29) is 18.1 Å². The maximum absolute atomic E-state index is 12.1. The smallest absolute Gasteiger partial charge is 0.251 e. The Morgan fingerprint density at radius 3 is 2.79 bits per heavy atom. The van der Waals surface area contributed by atoms with Crippen LogP contribution in [-0.4, -0.2) is 29.8 Å². The van der Waals surface area contributed by atoms with Gasteiger partial charge in [-0.3, -0.25) is 4.79 Å². The lowest BCUT2D eigenvalue weighted by Crippen LogP contribution is -2.39. The molecule has 1 amide bonds. The number of rotatable bonds is 6. The van der Waals surface area contributed by atoms with Gasteiger partial charge in [0.05, 0.1) is 18.8 Å². The molecule has 1 aromatic carbocycles. The molecule has 1 saturated carbocycles. The Morgan fingerprint density at radius 2 is 2.21 bits per heavy atom. The van der Waals surface area contributed by atoms with E-state index < -0.39 is 0 Å². The van der Waals surface area contributed by atoms with Crippen molar-refractivity contribution in [3.8, 4) is 5.75 Å². The third-order valence-electron chi connectivity index (χ3n) is 3.21. The number of benzene rings is 1. The quantitative estimate of drug-likeness (QED) is 0.825. The van der Waals surface area contributed by atoms with E-state index in [1.165, 1.54) is 0 Å². The highest BCUT2D eigenvalue weighted by Gasteiger charge is 2.43. The number of nitrogens with one attached hydrogen (secondary N) is 1. The molecule has 0 atom stereocenters. The zero-order chi connectivity index (χ0) is 13.9. The molecule has 0 spiro atoms. The second kappa shape index (κ2) is 5.61. The van der Waals surface area contributed by atoms with Crippen LogP contribution in [0.5, 0.6) is 5.75 Å². The van der Waals surface area contributed by atoms with Gasteiger partial charge >= 0.3 is 0 Å². The lowest BCUT2D eigenvalue weighted by Gasteiger charge is -2.15. The fraction of sp³-hybridized carbons (Fsp3) is 0.533. The van der Waals surface area contributed by atoms with Gasteiger partial charge in [-0.15, -0.1) is 0 Å². The van der Waals surface area contributed by atoms with Gasteiger partial charge in [0.25, 0.3) is 5.91 Å². The molecule has 0 aromatic heterocycles. The van der Waals surface area contributed by atoms with Crippen LogP contribution < -0.4 is 10.1 Å². The van der Waals surface area contributed by atoms with Crippen molar-refractivity contribution < 1.29 is 14.6 Å². The molecule has 4 nitrogen and oxygen atoms in total. The van der Waals surface area contributed by atoms with Crippen molar-refractivity contribution in [3.63, 3.8) is 0 Å². The lowest BCUT2D eigenvalue weighted by atomic mass is 10.1. The molecule has 0 unspecified atom stereocenters. The van der Waals surface area contributed by atoms with Gasteiger partial charge in [-0.25, -0.2) is 0 Å². The molecule has 2 N–H and O–H groups in total. The monoisotopic (exact) mass is 263 g/mol. The van der Waals surface area contributed by atoms with Crippen molar-refractivity contribution in [3.05, 3.63) is 29.8 Å². The fourth-order valence-corrected chi connectivity index (χ4v) is 1.78. The highest BCUT2D eigenvalue weighted by molar-refractivity contribution is 5.95. The van der Waals surface area contributed by atoms with Crippen molar-refractivity contribution >= 4 is 5.91 Å². The van der Waals surface area contributed by atoms with Crippen LogP contribution in [0.25, 0.3) is 0 Å². The summed E-state index contributed by atoms with van der Waals surface area (Å²) in [6.07, 6.45) is 1.69. The standard InChI is InChI=1S/C15H21NO3/c1-11(2)9-19-13-5-3-4-12(8-13)14(18)16-15(10-17)6-7-15/h3-5,8,11,17H,6-7,9-10H2,1-2H3,(H,16,18). The predicted molar refractivity (Wildman–Crippen MR) is 73.3 cm³/mol. The van der Waals surface area contributed by atoms with Gasteiger partial charge in [-0.05, 0) is 37.0 Å². The molecular weight excluding hydrogens is 242 g/mol. The lowest BCUT2D eigenvalue weighted by molar-refractivity contribution is 0.0906. The maximum Gasteiger partial charge on any atom is 0.251 e. The van der Waals surface area contributed by atoms with E-state index in [1.807, 2.05) is 12.1 Å². The molecule has 104 valence electrons. The summed E-state index contributed by atoms with van der Waals surface area (Å²) in [4.78, 5) is 12.1. The van der Waals surface area contributed by atoms with Crippen molar-refractivity contribution in [2.75, 3.05) is 13.2 Å². The highest BCUT2D eigenvalue weighted by Crippen LogP contribution is 2.34. The van der Waals surface area contributed by atoms with Gasteiger partial charge in [0.15, 0.2) is 0 Å². The van der Waals surface area contributed by atoms with E-state index in [0.717, 1.165) is 12.8 Å². The van der Waals surface area contributed by atoms with Gasteiger partial charge < -0.3 is 15.2 Å². The normalized spacial score (nSPS) is 16.2. The number of hydrogen-bond acceptors (Lipinski definition) is 3. The number of aliphatic hydroxyl groups excluding tert-OH is 1. The van der Waals surface area contributed by atoms with Crippen molar-refractivity contribution in [1.29, 1.82) is 0 Å². The molecule has 19 heavy (non-hydrogen) atoms. The van der Waals surface area contributed by atoms with E-state index in [0.29, 0.717) is 23.8 Å². The molecule has 0 bridgehead atoms. The van der Waals surface area contributed by atoms with E-state index in [9.17, 15) is 9.90 Å². The Balaban J connectivity index is 1.99. The Kier molecular flexibility index (Phi) is 4.10. The molecule has 0 radical (unpaired) electrons. The molecule has 1 fully saturated rings. The summed E-state index contributed by atoms with van der Waals surface area (Å²) in [7, 11) is 0. The molecule has 0 aliphatic heterocycles. The van der Waals surface area contributed by atoms with Crippen molar-refractivity contribution in [1.82, 2.24) is 5.32 Å². The van der Waals surface area contributed by atoms with Crippen LogP contribution in [0.15, 0.2) is 24.3 Å². The minimum atomic E-state index is -0.383. The van der Waals surface area contributed by atoms with Crippen LogP contribution in [0.3, 0.4) is 0 Å². The van der Waals surface area contributed by atoms with E-state index >= 15 is 0 Å². The summed E-state index contributed by atoms with van der Waals surface area (Å²) >= 11 is 0. The maximum atomic E-state index is 12.1. The second-order valence-corrected chi connectivity index (χ2v) is 5.63. The zero-order valence-electron chi connectivity index (χ0n) is 11.5. The van der Waals surface area contributed by atoms with Crippen LogP contribution in [0.2, 0.25) is 0 Å². The van der Waals surface area contributed by atoms with Gasteiger partial charge in [-0.1, -0.05) is 19.9 Å².